The van der Waals surface area contributed by atoms with Gasteiger partial charge in [-0.25, -0.2) is 13.9 Å². The molecule has 1 saturated heterocycles. The van der Waals surface area contributed by atoms with E-state index in [4.69, 9.17) is 59.4 Å². The summed E-state index contributed by atoms with van der Waals surface area (Å²) in [6.07, 6.45) is 5.41. The van der Waals surface area contributed by atoms with E-state index in [2.05, 4.69) is 20.7 Å². The molecule has 0 bridgehead atoms. The fraction of sp³-hybridized carbons (Fsp3) is 0.759. The molecule has 1 aromatic rings. The van der Waals surface area contributed by atoms with Crippen LogP contribution in [-0.4, -0.2) is 128 Å². The maximum atomic E-state index is 12.6. The van der Waals surface area contributed by atoms with E-state index in [0.717, 1.165) is 11.0 Å². The number of phosphoric ester groups is 2. The van der Waals surface area contributed by atoms with Crippen LogP contribution in [-0.2, 0) is 55.9 Å². The van der Waals surface area contributed by atoms with Crippen LogP contribution in [0.25, 0.3) is 0 Å². The lowest BCUT2D eigenvalue weighted by atomic mass is 10.2. The zero-order valence-corrected chi connectivity index (χ0v) is 30.2. The Morgan fingerprint density at radius 3 is 2.16 bits per heavy atom. The topological polar surface area (TPSA) is 268 Å². The van der Waals surface area contributed by atoms with Gasteiger partial charge in [0.05, 0.1) is 72.7 Å². The molecule has 0 radical (unpaired) electrons. The molecule has 22 heteroatoms. The predicted molar refractivity (Wildman–Crippen MR) is 179 cm³/mol. The predicted octanol–water partition coefficient (Wildman–Crippen LogP) is 0.507. The van der Waals surface area contributed by atoms with E-state index in [1.807, 2.05) is 0 Å². The number of carbonyl (C=O) groups excluding carboxylic acids is 1. The Morgan fingerprint density at radius 2 is 1.55 bits per heavy atom. The van der Waals surface area contributed by atoms with Crippen molar-refractivity contribution in [3.63, 3.8) is 0 Å². The molecule has 0 spiro atoms. The highest BCUT2D eigenvalue weighted by Gasteiger charge is 2.43. The molecule has 0 saturated carbocycles. The lowest BCUT2D eigenvalue weighted by Crippen LogP contribution is -2.29. The van der Waals surface area contributed by atoms with Crippen LogP contribution in [0.5, 0.6) is 0 Å². The highest BCUT2D eigenvalue weighted by molar-refractivity contribution is 7.47. The second kappa shape index (κ2) is 25.6. The zero-order valence-electron chi connectivity index (χ0n) is 28.4. The molecule has 4 atom stereocenters. The normalized spacial score (nSPS) is 18.7. The van der Waals surface area contributed by atoms with E-state index in [1.54, 1.807) is 0 Å². The van der Waals surface area contributed by atoms with Gasteiger partial charge in [-0.1, -0.05) is 18.8 Å². The van der Waals surface area contributed by atoms with Crippen LogP contribution in [0.3, 0.4) is 0 Å². The maximum Gasteiger partial charge on any atom is 0.472 e. The average Bonchev–Trinajstić information content (AvgIpc) is 3.45. The molecule has 292 valence electrons. The van der Waals surface area contributed by atoms with Crippen molar-refractivity contribution in [1.29, 1.82) is 0 Å². The number of hydrogen-bond acceptors (Lipinski definition) is 15. The van der Waals surface area contributed by atoms with Gasteiger partial charge in [0.1, 0.15) is 30.9 Å². The van der Waals surface area contributed by atoms with Crippen molar-refractivity contribution in [2.75, 3.05) is 91.6 Å². The second-order valence-corrected chi connectivity index (χ2v) is 13.5. The van der Waals surface area contributed by atoms with Gasteiger partial charge in [0.15, 0.2) is 0 Å². The van der Waals surface area contributed by atoms with Crippen LogP contribution in [0.4, 0.5) is 5.82 Å². The number of ether oxygens (including phenoxy) is 6. The number of carbonyl (C=O) groups is 1. The first kappa shape index (κ1) is 44.8. The lowest BCUT2D eigenvalue weighted by Gasteiger charge is -2.21. The monoisotopic (exact) mass is 772 g/mol. The van der Waals surface area contributed by atoms with Crippen LogP contribution < -0.4 is 16.7 Å². The Labute approximate surface area is 296 Å². The van der Waals surface area contributed by atoms with Crippen molar-refractivity contribution in [3.8, 4) is 12.3 Å². The summed E-state index contributed by atoms with van der Waals surface area (Å²) in [5, 5.41) is 2.81. The van der Waals surface area contributed by atoms with Crippen molar-refractivity contribution < 1.29 is 70.6 Å². The van der Waals surface area contributed by atoms with E-state index in [0.29, 0.717) is 78.7 Å². The number of nitrogens with one attached hydrogen (secondary N) is 1. The molecule has 2 unspecified atom stereocenters. The number of aromatic nitrogens is 2. The summed E-state index contributed by atoms with van der Waals surface area (Å²) in [5.74, 6) is 2.20. The number of terminal acetylenes is 1. The molecule has 0 aliphatic carbocycles. The minimum Gasteiger partial charge on any atom is -0.383 e. The maximum absolute atomic E-state index is 12.6. The molecular formula is C29H50N4O16P2. The van der Waals surface area contributed by atoms with Gasteiger partial charge in [0, 0.05) is 25.6 Å². The largest absolute Gasteiger partial charge is 0.472 e. The van der Waals surface area contributed by atoms with Crippen molar-refractivity contribution in [2.45, 2.75) is 57.0 Å². The molecule has 6 N–H and O–H groups in total. The number of rotatable bonds is 30. The van der Waals surface area contributed by atoms with Gasteiger partial charge in [-0.3, -0.25) is 22.9 Å². The second-order valence-electron chi connectivity index (χ2n) is 10.9. The molecule has 1 aliphatic heterocycles. The number of anilines is 1. The van der Waals surface area contributed by atoms with Gasteiger partial charge in [-0.2, -0.15) is 4.98 Å². The molecule has 2 heterocycles. The number of amides is 1. The average molecular weight is 773 g/mol. The van der Waals surface area contributed by atoms with Crippen LogP contribution in [0.1, 0.15) is 44.8 Å². The van der Waals surface area contributed by atoms with E-state index in [-0.39, 0.29) is 44.4 Å². The lowest BCUT2D eigenvalue weighted by molar-refractivity contribution is -0.122. The van der Waals surface area contributed by atoms with Gasteiger partial charge in [0.25, 0.3) is 0 Å². The quantitative estimate of drug-likeness (QED) is 0.0405. The molecular weight excluding hydrogens is 722 g/mol. The number of phosphoric acid groups is 2. The molecule has 1 fully saturated rings. The summed E-state index contributed by atoms with van der Waals surface area (Å²) in [7, 11) is -9.53. The van der Waals surface area contributed by atoms with Crippen LogP contribution >= 0.6 is 15.6 Å². The molecule has 51 heavy (non-hydrogen) atoms. The Morgan fingerprint density at radius 1 is 0.941 bits per heavy atom. The third kappa shape index (κ3) is 21.7. The molecule has 1 aliphatic rings. The SMILES string of the molecule is C#CCOCCOCCOCCOCCOCCC(=O)NCCCCCCOP(=O)(O)OC1C[C@H](n2ccc(N)nc2=O)O[C@@H]1COP(=O)(O)O. The number of nitrogen functional groups attached to an aromatic ring is 1. The summed E-state index contributed by atoms with van der Waals surface area (Å²) in [4.78, 5) is 56.2. The number of nitrogens with two attached hydrogens (primary N) is 1. The van der Waals surface area contributed by atoms with Crippen molar-refractivity contribution >= 4 is 27.4 Å². The number of hydrogen-bond donors (Lipinski definition) is 5. The summed E-state index contributed by atoms with van der Waals surface area (Å²) in [6.45, 7) is 3.56. The summed E-state index contributed by atoms with van der Waals surface area (Å²) in [6, 6.07) is 1.34. The fourth-order valence-electron chi connectivity index (χ4n) is 4.40. The van der Waals surface area contributed by atoms with E-state index >= 15 is 0 Å². The Kier molecular flexibility index (Phi) is 22.5. The van der Waals surface area contributed by atoms with Crippen molar-refractivity contribution in [3.05, 3.63) is 22.7 Å². The van der Waals surface area contributed by atoms with Crippen LogP contribution in [0.2, 0.25) is 0 Å². The van der Waals surface area contributed by atoms with Gasteiger partial charge in [-0.05, 0) is 18.9 Å². The molecule has 0 aromatic carbocycles. The zero-order chi connectivity index (χ0) is 37.4. The highest BCUT2D eigenvalue weighted by atomic mass is 31.2. The Bertz CT molecular complexity index is 1330. The highest BCUT2D eigenvalue weighted by Crippen LogP contribution is 2.49. The standard InChI is InChI=1S/C29H50N4O16P2/c1-2-11-41-14-16-43-18-20-45-21-19-44-17-15-42-13-8-27(34)31-9-5-3-4-6-12-46-51(39,40)49-24-22-28(33-10-7-26(30)32-29(33)35)48-25(24)23-47-50(36,37)38/h1,7,10,24-25,28H,3-6,8-9,11-23H2,(H,31,34)(H,39,40)(H2,30,32,35)(H2,36,37,38)/t24?,25-,28-/m1/s1. The minimum absolute atomic E-state index is 0.0290. The van der Waals surface area contributed by atoms with Gasteiger partial charge >= 0.3 is 21.3 Å². The Hall–Kier alpha value is -2.31. The number of unbranched alkanes of at least 4 members (excludes halogenated alkanes) is 3. The fourth-order valence-corrected chi connectivity index (χ4v) is 5.73. The summed E-state index contributed by atoms with van der Waals surface area (Å²) < 4.78 is 71.9. The van der Waals surface area contributed by atoms with Gasteiger partial charge in [0.2, 0.25) is 5.91 Å². The molecule has 2 rings (SSSR count). The first-order chi connectivity index (χ1) is 24.4. The van der Waals surface area contributed by atoms with Crippen molar-refractivity contribution in [1.82, 2.24) is 14.9 Å². The summed E-state index contributed by atoms with van der Waals surface area (Å²) >= 11 is 0. The molecule has 20 nitrogen and oxygen atoms in total. The summed E-state index contributed by atoms with van der Waals surface area (Å²) in [5.41, 5.74) is 4.74. The first-order valence-electron chi connectivity index (χ1n) is 16.3. The van der Waals surface area contributed by atoms with E-state index in [9.17, 15) is 23.6 Å². The van der Waals surface area contributed by atoms with Gasteiger partial charge in [-0.15, -0.1) is 6.42 Å². The molecule has 1 aromatic heterocycles. The third-order valence-corrected chi connectivity index (χ3v) is 8.34. The number of nitrogens with zero attached hydrogens (tertiary/aromatic N) is 2. The van der Waals surface area contributed by atoms with Crippen molar-refractivity contribution in [2.24, 2.45) is 0 Å². The smallest absolute Gasteiger partial charge is 0.383 e. The van der Waals surface area contributed by atoms with Crippen LogP contribution in [0.15, 0.2) is 17.1 Å². The van der Waals surface area contributed by atoms with E-state index < -0.39 is 46.4 Å². The third-order valence-electron chi connectivity index (χ3n) is 6.81. The van der Waals surface area contributed by atoms with E-state index in [1.165, 1.54) is 12.3 Å². The van der Waals surface area contributed by atoms with Crippen LogP contribution in [0, 0.1) is 12.3 Å². The van der Waals surface area contributed by atoms with Gasteiger partial charge < -0.3 is 54.2 Å². The Balaban J connectivity index is 1.49. The first-order valence-corrected chi connectivity index (χ1v) is 19.4. The minimum atomic E-state index is -4.90. The molecule has 1 amide bonds.